The van der Waals surface area contributed by atoms with Crippen LogP contribution in [0.5, 0.6) is 5.88 Å². The van der Waals surface area contributed by atoms with Crippen LogP contribution in [0.1, 0.15) is 45.0 Å². The maximum Gasteiger partial charge on any atom is 0.240 e. The molecule has 0 amide bonds. The van der Waals surface area contributed by atoms with Crippen molar-refractivity contribution >= 4 is 27.6 Å². The van der Waals surface area contributed by atoms with E-state index in [1.165, 1.54) is 33.5 Å². The number of nitrogens with one attached hydrogen (secondary N) is 1. The first-order valence-electron chi connectivity index (χ1n) is 11.8. The molecule has 1 aliphatic heterocycles. The van der Waals surface area contributed by atoms with Crippen LogP contribution in [-0.2, 0) is 26.0 Å². The topological polar surface area (TPSA) is 143 Å². The molecule has 4 heterocycles. The molecule has 3 aromatic heterocycles. The highest BCUT2D eigenvalue weighted by atomic mass is 35.5. The number of ether oxygens (including phenoxy) is 3. The molecule has 37 heavy (non-hydrogen) atoms. The summed E-state index contributed by atoms with van der Waals surface area (Å²) in [4.78, 5) is 12.7. The Hall–Kier alpha value is -2.87. The highest BCUT2D eigenvalue weighted by molar-refractivity contribution is 7.93. The summed E-state index contributed by atoms with van der Waals surface area (Å²) in [6.45, 7) is 3.87. The molecule has 1 saturated heterocycles. The molecule has 3 aromatic rings. The summed E-state index contributed by atoms with van der Waals surface area (Å²) in [5.41, 5.74) is 0.485. The quantitative estimate of drug-likeness (QED) is 0.398. The first kappa shape index (κ1) is 27.2. The number of anilines is 1. The Kier molecular flexibility index (Phi) is 8.57. The Morgan fingerprint density at radius 3 is 2.65 bits per heavy atom. The molecule has 12 nitrogen and oxygen atoms in total. The Labute approximate surface area is 220 Å². The third-order valence-electron chi connectivity index (χ3n) is 6.16. The molecule has 0 aromatic carbocycles. The predicted octanol–water partition coefficient (Wildman–Crippen LogP) is 3.27. The van der Waals surface area contributed by atoms with E-state index in [1.54, 1.807) is 22.8 Å². The highest BCUT2D eigenvalue weighted by Crippen LogP contribution is 2.28. The molecule has 4 rings (SSSR count). The van der Waals surface area contributed by atoms with Crippen molar-refractivity contribution in [3.05, 3.63) is 41.4 Å². The molecule has 0 spiro atoms. The zero-order chi connectivity index (χ0) is 26.6. The lowest BCUT2D eigenvalue weighted by Crippen LogP contribution is -2.34. The minimum Gasteiger partial charge on any atom is -0.481 e. The Morgan fingerprint density at radius 1 is 1.22 bits per heavy atom. The summed E-state index contributed by atoms with van der Waals surface area (Å²) in [6, 6.07) is 5.25. The van der Waals surface area contributed by atoms with Crippen molar-refractivity contribution in [2.24, 2.45) is 0 Å². The number of nitrogens with zero attached hydrogens (tertiary/aromatic N) is 6. The second-order valence-corrected chi connectivity index (χ2v) is 11.3. The molecule has 1 fully saturated rings. The summed E-state index contributed by atoms with van der Waals surface area (Å²) in [5, 5.41) is 7.69. The van der Waals surface area contributed by atoms with Gasteiger partial charge in [0, 0.05) is 25.6 Å². The van der Waals surface area contributed by atoms with Crippen LogP contribution in [0, 0.1) is 0 Å². The van der Waals surface area contributed by atoms with E-state index in [-0.39, 0.29) is 24.0 Å². The van der Waals surface area contributed by atoms with Crippen molar-refractivity contribution in [1.29, 1.82) is 0 Å². The van der Waals surface area contributed by atoms with Crippen molar-refractivity contribution in [2.45, 2.75) is 63.2 Å². The minimum atomic E-state index is -4.04. The van der Waals surface area contributed by atoms with Crippen molar-refractivity contribution in [3.8, 4) is 17.4 Å². The van der Waals surface area contributed by atoms with E-state index < -0.39 is 21.4 Å². The summed E-state index contributed by atoms with van der Waals surface area (Å²) < 4.78 is 48.0. The van der Waals surface area contributed by atoms with E-state index in [1.807, 2.05) is 6.92 Å². The molecule has 0 bridgehead atoms. The Balaban J connectivity index is 1.67. The van der Waals surface area contributed by atoms with Gasteiger partial charge in [-0.15, -0.1) is 10.2 Å². The summed E-state index contributed by atoms with van der Waals surface area (Å²) in [5.74, 6) is 1.02. The van der Waals surface area contributed by atoms with Crippen molar-refractivity contribution in [2.75, 3.05) is 18.9 Å². The van der Waals surface area contributed by atoms with E-state index >= 15 is 0 Å². The van der Waals surface area contributed by atoms with Crippen LogP contribution in [0.15, 0.2) is 30.6 Å². The van der Waals surface area contributed by atoms with E-state index in [4.69, 9.17) is 25.8 Å². The van der Waals surface area contributed by atoms with Gasteiger partial charge in [-0.1, -0.05) is 17.7 Å². The van der Waals surface area contributed by atoms with Gasteiger partial charge in [-0.2, -0.15) is 0 Å². The van der Waals surface area contributed by atoms with Crippen LogP contribution in [0.25, 0.3) is 11.5 Å². The lowest BCUT2D eigenvalue weighted by atomic mass is 10.0. The summed E-state index contributed by atoms with van der Waals surface area (Å²) in [6.07, 6.45) is 4.61. The van der Waals surface area contributed by atoms with Gasteiger partial charge >= 0.3 is 0 Å². The number of halogens is 1. The SMILES string of the molecule is COc1cccc(-c2nnc(NS(=O)(=O)[C@@H](C)[C@H](OC)c3ncc(Cl)cn3)n2C[C@H]2CCC[C@H](C)O2)n1. The van der Waals surface area contributed by atoms with Gasteiger partial charge in [-0.25, -0.2) is 23.4 Å². The van der Waals surface area contributed by atoms with Gasteiger partial charge in [-0.3, -0.25) is 9.29 Å². The number of pyridine rings is 1. The maximum absolute atomic E-state index is 13.5. The third kappa shape index (κ3) is 6.35. The number of hydrogen-bond acceptors (Lipinski definition) is 10. The predicted molar refractivity (Wildman–Crippen MR) is 137 cm³/mol. The molecule has 4 atom stereocenters. The van der Waals surface area contributed by atoms with Gasteiger partial charge in [0.15, 0.2) is 11.6 Å². The zero-order valence-electron chi connectivity index (χ0n) is 21.0. The molecule has 0 unspecified atom stereocenters. The first-order valence-corrected chi connectivity index (χ1v) is 13.8. The van der Waals surface area contributed by atoms with Gasteiger partial charge in [0.25, 0.3) is 0 Å². The fourth-order valence-corrected chi connectivity index (χ4v) is 5.44. The van der Waals surface area contributed by atoms with E-state index in [0.717, 1.165) is 19.3 Å². The Bertz CT molecular complexity index is 1310. The fraction of sp³-hybridized carbons (Fsp3) is 0.522. The van der Waals surface area contributed by atoms with Gasteiger partial charge in [0.05, 0.1) is 30.9 Å². The second-order valence-electron chi connectivity index (χ2n) is 8.79. The van der Waals surface area contributed by atoms with Crippen LogP contribution in [0.2, 0.25) is 5.02 Å². The van der Waals surface area contributed by atoms with Crippen LogP contribution < -0.4 is 9.46 Å². The third-order valence-corrected chi connectivity index (χ3v) is 8.05. The lowest BCUT2D eigenvalue weighted by molar-refractivity contribution is -0.0467. The van der Waals surface area contributed by atoms with Crippen molar-refractivity contribution in [1.82, 2.24) is 29.7 Å². The fourth-order valence-electron chi connectivity index (χ4n) is 4.19. The molecule has 0 saturated carbocycles. The number of sulfonamides is 1. The summed E-state index contributed by atoms with van der Waals surface area (Å²) >= 11 is 5.88. The maximum atomic E-state index is 13.5. The second kappa shape index (κ2) is 11.7. The van der Waals surface area contributed by atoms with Crippen molar-refractivity contribution < 1.29 is 22.6 Å². The number of rotatable bonds is 10. The smallest absolute Gasteiger partial charge is 0.240 e. The standard InChI is InChI=1S/C23H30ClN7O5S/c1-14-7-5-8-17(36-14)13-31-22(18-9-6-10-19(27-18)34-3)28-29-23(31)30-37(32,33)15(2)20(35-4)21-25-11-16(24)12-26-21/h6,9-12,14-15,17,20H,5,7-8,13H2,1-4H3,(H,29,30)/t14-,15-,17+,20-/m0/s1. The molecular formula is C23H30ClN7O5S. The molecule has 14 heteroatoms. The normalized spacial score (nSPS) is 19.8. The monoisotopic (exact) mass is 551 g/mol. The van der Waals surface area contributed by atoms with Crippen LogP contribution >= 0.6 is 11.6 Å². The molecular weight excluding hydrogens is 522 g/mol. The number of methoxy groups -OCH3 is 2. The average molecular weight is 552 g/mol. The molecule has 1 N–H and O–H groups in total. The van der Waals surface area contributed by atoms with Crippen LogP contribution in [0.4, 0.5) is 5.95 Å². The van der Waals surface area contributed by atoms with Gasteiger partial charge in [0.2, 0.25) is 21.9 Å². The van der Waals surface area contributed by atoms with Crippen LogP contribution in [0.3, 0.4) is 0 Å². The molecule has 0 aliphatic carbocycles. The number of hydrogen-bond donors (Lipinski definition) is 1. The minimum absolute atomic E-state index is 0.0418. The average Bonchev–Trinajstić information content (AvgIpc) is 3.26. The number of aromatic nitrogens is 6. The van der Waals surface area contributed by atoms with Crippen LogP contribution in [-0.4, -0.2) is 69.8 Å². The Morgan fingerprint density at radius 2 is 1.97 bits per heavy atom. The highest BCUT2D eigenvalue weighted by Gasteiger charge is 2.35. The lowest BCUT2D eigenvalue weighted by Gasteiger charge is -2.29. The zero-order valence-corrected chi connectivity index (χ0v) is 22.6. The van der Waals surface area contributed by atoms with Gasteiger partial charge in [0.1, 0.15) is 17.0 Å². The largest absolute Gasteiger partial charge is 0.481 e. The summed E-state index contributed by atoms with van der Waals surface area (Å²) in [7, 11) is -1.12. The first-order chi connectivity index (χ1) is 17.7. The van der Waals surface area contributed by atoms with Crippen molar-refractivity contribution in [3.63, 3.8) is 0 Å². The van der Waals surface area contributed by atoms with E-state index in [0.29, 0.717) is 29.0 Å². The molecule has 1 aliphatic rings. The van der Waals surface area contributed by atoms with Gasteiger partial charge < -0.3 is 14.2 Å². The molecule has 200 valence electrons. The van der Waals surface area contributed by atoms with E-state index in [2.05, 4.69) is 29.9 Å². The van der Waals surface area contributed by atoms with Gasteiger partial charge in [-0.05, 0) is 39.2 Å². The van der Waals surface area contributed by atoms with E-state index in [9.17, 15) is 8.42 Å². The molecule has 0 radical (unpaired) electrons.